The number of aryl methyl sites for hydroxylation is 1. The van der Waals surface area contributed by atoms with Crippen molar-refractivity contribution in [3.05, 3.63) is 65.2 Å². The first kappa shape index (κ1) is 17.3. The summed E-state index contributed by atoms with van der Waals surface area (Å²) in [5, 5.41) is 10.5. The van der Waals surface area contributed by atoms with Gasteiger partial charge < -0.3 is 9.84 Å². The lowest BCUT2D eigenvalue weighted by Gasteiger charge is -2.50. The SMILES string of the molecule is C[C@]12CC[C@@H]3c4ccc(OCc5ccccc5)cc4CC[C@H]3[C@@H]1CC[C@@H]2O. The van der Waals surface area contributed by atoms with E-state index in [0.717, 1.165) is 24.5 Å². The van der Waals surface area contributed by atoms with Crippen LogP contribution in [0.3, 0.4) is 0 Å². The number of hydrogen-bond donors (Lipinski definition) is 1. The lowest BCUT2D eigenvalue weighted by Crippen LogP contribution is -2.43. The van der Waals surface area contributed by atoms with E-state index >= 15 is 0 Å². The zero-order chi connectivity index (χ0) is 18.4. The molecule has 1 N–H and O–H groups in total. The largest absolute Gasteiger partial charge is 0.489 e. The van der Waals surface area contributed by atoms with Crippen LogP contribution in [0.5, 0.6) is 5.75 Å². The number of aliphatic hydroxyl groups is 1. The molecule has 3 aliphatic rings. The van der Waals surface area contributed by atoms with Gasteiger partial charge in [0.2, 0.25) is 0 Å². The van der Waals surface area contributed by atoms with Crippen molar-refractivity contribution in [3.63, 3.8) is 0 Å². The van der Waals surface area contributed by atoms with Gasteiger partial charge in [-0.2, -0.15) is 0 Å². The second kappa shape index (κ2) is 6.67. The maximum absolute atomic E-state index is 10.5. The molecule has 0 heterocycles. The fourth-order valence-electron chi connectivity index (χ4n) is 6.36. The van der Waals surface area contributed by atoms with Crippen molar-refractivity contribution in [2.24, 2.45) is 17.3 Å². The number of rotatable bonds is 3. The molecule has 2 aromatic carbocycles. The van der Waals surface area contributed by atoms with E-state index < -0.39 is 0 Å². The summed E-state index contributed by atoms with van der Waals surface area (Å²) in [5.41, 5.74) is 4.42. The third-order valence-electron chi connectivity index (χ3n) is 7.90. The summed E-state index contributed by atoms with van der Waals surface area (Å²) < 4.78 is 6.06. The molecular formula is C25H30O2. The van der Waals surface area contributed by atoms with Crippen LogP contribution in [0, 0.1) is 17.3 Å². The summed E-state index contributed by atoms with van der Waals surface area (Å²) in [5.74, 6) is 3.13. The van der Waals surface area contributed by atoms with Crippen LogP contribution >= 0.6 is 0 Å². The normalized spacial score (nSPS) is 34.4. The molecule has 3 aliphatic carbocycles. The molecule has 0 aliphatic heterocycles. The van der Waals surface area contributed by atoms with Crippen LogP contribution in [0.25, 0.3) is 0 Å². The van der Waals surface area contributed by atoms with Crippen molar-refractivity contribution in [1.82, 2.24) is 0 Å². The Morgan fingerprint density at radius 1 is 1.04 bits per heavy atom. The van der Waals surface area contributed by atoms with Crippen molar-refractivity contribution in [1.29, 1.82) is 0 Å². The van der Waals surface area contributed by atoms with Gasteiger partial charge in [0, 0.05) is 0 Å². The van der Waals surface area contributed by atoms with Crippen molar-refractivity contribution < 1.29 is 9.84 Å². The number of fused-ring (bicyclic) bond motifs is 5. The fourth-order valence-corrected chi connectivity index (χ4v) is 6.36. The van der Waals surface area contributed by atoms with Gasteiger partial charge in [-0.25, -0.2) is 0 Å². The van der Waals surface area contributed by atoms with Gasteiger partial charge in [-0.15, -0.1) is 0 Å². The van der Waals surface area contributed by atoms with Gasteiger partial charge in [0.05, 0.1) is 6.10 Å². The van der Waals surface area contributed by atoms with Gasteiger partial charge in [0.25, 0.3) is 0 Å². The summed E-state index contributed by atoms with van der Waals surface area (Å²) in [4.78, 5) is 0. The van der Waals surface area contributed by atoms with E-state index in [1.54, 1.807) is 5.56 Å². The third kappa shape index (κ3) is 2.89. The molecule has 0 unspecified atom stereocenters. The van der Waals surface area contributed by atoms with Gasteiger partial charge in [0.15, 0.2) is 0 Å². The Hall–Kier alpha value is -1.80. The molecule has 5 rings (SSSR count). The Kier molecular flexibility index (Phi) is 4.27. The maximum Gasteiger partial charge on any atom is 0.120 e. The number of aliphatic hydroxyl groups excluding tert-OH is 1. The summed E-state index contributed by atoms with van der Waals surface area (Å²) >= 11 is 0. The van der Waals surface area contributed by atoms with E-state index in [2.05, 4.69) is 49.4 Å². The van der Waals surface area contributed by atoms with E-state index in [4.69, 9.17) is 4.74 Å². The van der Waals surface area contributed by atoms with Gasteiger partial charge in [-0.3, -0.25) is 0 Å². The van der Waals surface area contributed by atoms with Crippen LogP contribution < -0.4 is 4.74 Å². The Labute approximate surface area is 162 Å². The molecule has 0 aromatic heterocycles. The fraction of sp³-hybridized carbons (Fsp3) is 0.520. The second-order valence-electron chi connectivity index (χ2n) is 9.19. The Morgan fingerprint density at radius 3 is 2.74 bits per heavy atom. The minimum Gasteiger partial charge on any atom is -0.489 e. The van der Waals surface area contributed by atoms with Gasteiger partial charge in [0.1, 0.15) is 12.4 Å². The average Bonchev–Trinajstić information content (AvgIpc) is 3.01. The molecule has 2 fully saturated rings. The number of ether oxygens (including phenoxy) is 1. The molecule has 0 bridgehead atoms. The van der Waals surface area contributed by atoms with Gasteiger partial charge in [-0.05, 0) is 90.5 Å². The van der Waals surface area contributed by atoms with Crippen molar-refractivity contribution in [3.8, 4) is 5.75 Å². The lowest BCUT2D eigenvalue weighted by molar-refractivity contribution is -0.0226. The maximum atomic E-state index is 10.5. The quantitative estimate of drug-likeness (QED) is 0.783. The van der Waals surface area contributed by atoms with Crippen LogP contribution in [0.2, 0.25) is 0 Å². The predicted octanol–water partition coefficient (Wildman–Crippen LogP) is 5.48. The van der Waals surface area contributed by atoms with Crippen molar-refractivity contribution in [2.75, 3.05) is 0 Å². The summed E-state index contributed by atoms with van der Waals surface area (Å²) in [6, 6.07) is 17.2. The Bertz CT molecular complexity index is 814. The molecule has 5 atom stereocenters. The lowest BCUT2D eigenvalue weighted by atomic mass is 9.55. The zero-order valence-corrected chi connectivity index (χ0v) is 16.2. The number of benzene rings is 2. The monoisotopic (exact) mass is 362 g/mol. The smallest absolute Gasteiger partial charge is 0.120 e. The highest BCUT2D eigenvalue weighted by molar-refractivity contribution is 5.41. The first-order valence-corrected chi connectivity index (χ1v) is 10.6. The summed E-state index contributed by atoms with van der Waals surface area (Å²) in [6.07, 6.45) is 6.96. The van der Waals surface area contributed by atoms with Crippen LogP contribution in [-0.2, 0) is 13.0 Å². The molecule has 27 heavy (non-hydrogen) atoms. The molecule has 2 nitrogen and oxygen atoms in total. The highest BCUT2D eigenvalue weighted by Gasteiger charge is 2.54. The Balaban J connectivity index is 1.34. The zero-order valence-electron chi connectivity index (χ0n) is 16.2. The molecule has 0 saturated heterocycles. The van der Waals surface area contributed by atoms with E-state index in [0.29, 0.717) is 18.4 Å². The minimum absolute atomic E-state index is 0.0846. The molecule has 2 aromatic rings. The highest BCUT2D eigenvalue weighted by atomic mass is 16.5. The molecule has 0 amide bonds. The summed E-state index contributed by atoms with van der Waals surface area (Å²) in [6.45, 7) is 2.98. The highest BCUT2D eigenvalue weighted by Crippen LogP contribution is 2.60. The molecule has 142 valence electrons. The standard InChI is InChI=1S/C25H30O2/c1-25-14-13-21-20-10-8-19(27-16-17-5-3-2-4-6-17)15-18(20)7-9-22(21)23(25)11-12-24(25)26/h2-6,8,10,15,21-24,26H,7,9,11-14,16H2,1H3/t21-,22-,23+,24+,25+/m1/s1. The molecule has 2 heteroatoms. The topological polar surface area (TPSA) is 29.5 Å². The van der Waals surface area contributed by atoms with Crippen LogP contribution in [-0.4, -0.2) is 11.2 Å². The first-order chi connectivity index (χ1) is 13.1. The molecule has 0 spiro atoms. The van der Waals surface area contributed by atoms with E-state index in [-0.39, 0.29) is 11.5 Å². The molecule has 2 saturated carbocycles. The Morgan fingerprint density at radius 2 is 1.89 bits per heavy atom. The third-order valence-corrected chi connectivity index (χ3v) is 7.90. The average molecular weight is 363 g/mol. The number of hydrogen-bond acceptors (Lipinski definition) is 2. The predicted molar refractivity (Wildman–Crippen MR) is 108 cm³/mol. The van der Waals surface area contributed by atoms with E-state index in [1.165, 1.54) is 36.8 Å². The summed E-state index contributed by atoms with van der Waals surface area (Å²) in [7, 11) is 0. The first-order valence-electron chi connectivity index (χ1n) is 10.6. The minimum atomic E-state index is -0.0846. The van der Waals surface area contributed by atoms with Crippen molar-refractivity contribution in [2.45, 2.75) is 64.1 Å². The van der Waals surface area contributed by atoms with Crippen LogP contribution in [0.15, 0.2) is 48.5 Å². The van der Waals surface area contributed by atoms with Crippen LogP contribution in [0.1, 0.15) is 61.6 Å². The van der Waals surface area contributed by atoms with Crippen molar-refractivity contribution >= 4 is 0 Å². The van der Waals surface area contributed by atoms with E-state index in [1.807, 2.05) is 6.07 Å². The van der Waals surface area contributed by atoms with Gasteiger partial charge in [-0.1, -0.05) is 43.3 Å². The second-order valence-corrected chi connectivity index (χ2v) is 9.19. The van der Waals surface area contributed by atoms with Gasteiger partial charge >= 0.3 is 0 Å². The molecular weight excluding hydrogens is 332 g/mol. The molecule has 0 radical (unpaired) electrons. The van der Waals surface area contributed by atoms with Crippen LogP contribution in [0.4, 0.5) is 0 Å². The van der Waals surface area contributed by atoms with E-state index in [9.17, 15) is 5.11 Å².